The lowest BCUT2D eigenvalue weighted by atomic mass is 9.95. The van der Waals surface area contributed by atoms with Crippen LogP contribution in [-0.4, -0.2) is 7.11 Å². The first-order chi connectivity index (χ1) is 7.26. The topological polar surface area (TPSA) is 56.8 Å². The summed E-state index contributed by atoms with van der Waals surface area (Å²) in [7, 11) is 1.60. The smallest absolute Gasteiger partial charge is 0.118 e. The lowest BCUT2D eigenvalue weighted by Crippen LogP contribution is -2.05. The van der Waals surface area contributed by atoms with Gasteiger partial charge in [-0.2, -0.15) is 10.5 Å². The second-order valence-corrected chi connectivity index (χ2v) is 3.70. The van der Waals surface area contributed by atoms with Crippen molar-refractivity contribution in [2.75, 3.05) is 7.11 Å². The molecule has 0 N–H and O–H groups in total. The van der Waals surface area contributed by atoms with E-state index in [0.717, 1.165) is 11.3 Å². The van der Waals surface area contributed by atoms with E-state index in [1.165, 1.54) is 0 Å². The molecule has 0 radical (unpaired) electrons. The highest BCUT2D eigenvalue weighted by Crippen LogP contribution is 2.53. The lowest BCUT2D eigenvalue weighted by molar-refractivity contribution is 0.414. The van der Waals surface area contributed by atoms with Crippen LogP contribution in [-0.2, 0) is 5.41 Å². The van der Waals surface area contributed by atoms with Gasteiger partial charge in [-0.25, -0.2) is 0 Å². The predicted octanol–water partition coefficient (Wildman–Crippen LogP) is 2.00. The van der Waals surface area contributed by atoms with E-state index < -0.39 is 5.41 Å². The summed E-state index contributed by atoms with van der Waals surface area (Å²) in [6, 6.07) is 11.8. The lowest BCUT2D eigenvalue weighted by Gasteiger charge is -2.07. The van der Waals surface area contributed by atoms with Gasteiger partial charge in [0.25, 0.3) is 0 Å². The molecular weight excluding hydrogens is 188 g/mol. The maximum Gasteiger partial charge on any atom is 0.118 e. The van der Waals surface area contributed by atoms with E-state index in [2.05, 4.69) is 12.1 Å². The summed E-state index contributed by atoms with van der Waals surface area (Å²) in [5.74, 6) is 0.608. The molecule has 0 saturated heterocycles. The van der Waals surface area contributed by atoms with Crippen molar-refractivity contribution in [3.63, 3.8) is 0 Å². The van der Waals surface area contributed by atoms with Crippen LogP contribution in [0.2, 0.25) is 0 Å². The SMILES string of the molecule is COc1ccc(C2(C#N)CC2C#N)cc1. The minimum absolute atomic E-state index is 0.157. The molecule has 0 aliphatic heterocycles. The second-order valence-electron chi connectivity index (χ2n) is 3.70. The molecule has 1 aliphatic carbocycles. The third kappa shape index (κ3) is 1.33. The van der Waals surface area contributed by atoms with Crippen molar-refractivity contribution in [2.45, 2.75) is 11.8 Å². The summed E-state index contributed by atoms with van der Waals surface area (Å²) in [5, 5.41) is 17.9. The van der Waals surface area contributed by atoms with E-state index in [9.17, 15) is 0 Å². The Kier molecular flexibility index (Phi) is 2.10. The average molecular weight is 198 g/mol. The minimum atomic E-state index is -0.568. The van der Waals surface area contributed by atoms with Crippen LogP contribution >= 0.6 is 0 Å². The predicted molar refractivity (Wildman–Crippen MR) is 54.0 cm³/mol. The molecule has 0 heterocycles. The van der Waals surface area contributed by atoms with Crippen LogP contribution in [0.1, 0.15) is 12.0 Å². The van der Waals surface area contributed by atoms with E-state index in [4.69, 9.17) is 15.3 Å². The molecule has 1 fully saturated rings. The van der Waals surface area contributed by atoms with Gasteiger partial charge in [-0.1, -0.05) is 12.1 Å². The molecule has 74 valence electrons. The normalized spacial score (nSPS) is 27.5. The fourth-order valence-corrected chi connectivity index (χ4v) is 1.81. The van der Waals surface area contributed by atoms with Crippen molar-refractivity contribution < 1.29 is 4.74 Å². The molecule has 0 spiro atoms. The van der Waals surface area contributed by atoms with Gasteiger partial charge in [-0.05, 0) is 24.1 Å². The molecule has 1 aliphatic rings. The maximum atomic E-state index is 9.11. The van der Waals surface area contributed by atoms with Crippen molar-refractivity contribution in [3.05, 3.63) is 29.8 Å². The molecule has 0 aromatic heterocycles. The van der Waals surface area contributed by atoms with Crippen molar-refractivity contribution in [3.8, 4) is 17.9 Å². The largest absolute Gasteiger partial charge is 0.497 e. The van der Waals surface area contributed by atoms with Crippen LogP contribution in [0.4, 0.5) is 0 Å². The molecule has 15 heavy (non-hydrogen) atoms. The fraction of sp³-hybridized carbons (Fsp3) is 0.333. The van der Waals surface area contributed by atoms with Crippen molar-refractivity contribution in [1.82, 2.24) is 0 Å². The summed E-state index contributed by atoms with van der Waals surface area (Å²) in [5.41, 5.74) is 0.346. The second kappa shape index (κ2) is 3.29. The van der Waals surface area contributed by atoms with E-state index in [0.29, 0.717) is 6.42 Å². The molecule has 0 bridgehead atoms. The molecule has 0 amide bonds. The Bertz CT molecular complexity index is 452. The van der Waals surface area contributed by atoms with Gasteiger partial charge >= 0.3 is 0 Å². The van der Waals surface area contributed by atoms with Gasteiger partial charge < -0.3 is 4.74 Å². The van der Waals surface area contributed by atoms with Crippen LogP contribution in [0.5, 0.6) is 5.75 Å². The zero-order valence-corrected chi connectivity index (χ0v) is 8.40. The Morgan fingerprint density at radius 3 is 2.40 bits per heavy atom. The molecule has 1 aromatic carbocycles. The molecule has 2 atom stereocenters. The molecule has 1 aromatic rings. The summed E-state index contributed by atoms with van der Waals surface area (Å²) < 4.78 is 5.04. The standard InChI is InChI=1S/C12H10N2O/c1-15-11-4-2-9(3-5-11)12(8-14)6-10(12)7-13/h2-5,10H,6H2,1H3. The summed E-state index contributed by atoms with van der Waals surface area (Å²) in [4.78, 5) is 0. The number of benzene rings is 1. The Balaban J connectivity index is 2.32. The molecule has 3 heteroatoms. The first-order valence-electron chi connectivity index (χ1n) is 4.72. The number of nitrogens with zero attached hydrogens (tertiary/aromatic N) is 2. The summed E-state index contributed by atoms with van der Waals surface area (Å²) in [6.07, 6.45) is 0.645. The van der Waals surface area contributed by atoms with E-state index in [1.807, 2.05) is 24.3 Å². The van der Waals surface area contributed by atoms with Gasteiger partial charge in [-0.15, -0.1) is 0 Å². The Morgan fingerprint density at radius 1 is 1.33 bits per heavy atom. The van der Waals surface area contributed by atoms with Crippen LogP contribution in [0.3, 0.4) is 0 Å². The van der Waals surface area contributed by atoms with E-state index in [1.54, 1.807) is 7.11 Å². The van der Waals surface area contributed by atoms with Crippen LogP contribution in [0.15, 0.2) is 24.3 Å². The van der Waals surface area contributed by atoms with Crippen molar-refractivity contribution in [1.29, 1.82) is 10.5 Å². The number of nitriles is 2. The Morgan fingerprint density at radius 2 is 2.00 bits per heavy atom. The highest BCUT2D eigenvalue weighted by molar-refractivity contribution is 5.46. The van der Waals surface area contributed by atoms with Gasteiger partial charge in [0.15, 0.2) is 0 Å². The monoisotopic (exact) mass is 198 g/mol. The molecule has 2 rings (SSSR count). The zero-order chi connectivity index (χ0) is 10.9. The first kappa shape index (κ1) is 9.55. The summed E-state index contributed by atoms with van der Waals surface area (Å²) >= 11 is 0. The minimum Gasteiger partial charge on any atom is -0.497 e. The van der Waals surface area contributed by atoms with E-state index >= 15 is 0 Å². The molecule has 3 nitrogen and oxygen atoms in total. The number of hydrogen-bond acceptors (Lipinski definition) is 3. The number of ether oxygens (including phenoxy) is 1. The zero-order valence-electron chi connectivity index (χ0n) is 8.40. The number of methoxy groups -OCH3 is 1. The number of rotatable bonds is 2. The van der Waals surface area contributed by atoms with Crippen LogP contribution in [0, 0.1) is 28.6 Å². The van der Waals surface area contributed by atoms with Crippen LogP contribution in [0.25, 0.3) is 0 Å². The van der Waals surface area contributed by atoms with Crippen LogP contribution < -0.4 is 4.74 Å². The average Bonchev–Trinajstić information content (AvgIpc) is 3.04. The third-order valence-corrected chi connectivity index (χ3v) is 2.92. The van der Waals surface area contributed by atoms with Crippen molar-refractivity contribution in [2.24, 2.45) is 5.92 Å². The first-order valence-corrected chi connectivity index (χ1v) is 4.72. The van der Waals surface area contributed by atoms with Gasteiger partial charge in [0, 0.05) is 0 Å². The maximum absolute atomic E-state index is 9.11. The molecule has 1 saturated carbocycles. The fourth-order valence-electron chi connectivity index (χ4n) is 1.81. The Labute approximate surface area is 88.5 Å². The summed E-state index contributed by atoms with van der Waals surface area (Å²) in [6.45, 7) is 0. The highest BCUT2D eigenvalue weighted by atomic mass is 16.5. The third-order valence-electron chi connectivity index (χ3n) is 2.92. The quantitative estimate of drug-likeness (QED) is 0.730. The molecule has 2 unspecified atom stereocenters. The van der Waals surface area contributed by atoms with E-state index in [-0.39, 0.29) is 5.92 Å². The van der Waals surface area contributed by atoms with Gasteiger partial charge in [0.05, 0.1) is 30.6 Å². The van der Waals surface area contributed by atoms with Crippen molar-refractivity contribution >= 4 is 0 Å². The van der Waals surface area contributed by atoms with Gasteiger partial charge in [0.2, 0.25) is 0 Å². The van der Waals surface area contributed by atoms with Gasteiger partial charge in [0.1, 0.15) is 5.75 Å². The highest BCUT2D eigenvalue weighted by Gasteiger charge is 2.56. The molecular formula is C12H10N2O. The Hall–Kier alpha value is -2.00. The van der Waals surface area contributed by atoms with Gasteiger partial charge in [-0.3, -0.25) is 0 Å². The number of hydrogen-bond donors (Lipinski definition) is 0.